The van der Waals surface area contributed by atoms with Crippen LogP contribution in [0.3, 0.4) is 0 Å². The molecular weight excluding hydrogens is 276 g/mol. The minimum Gasteiger partial charge on any atom is -0.343 e. The highest BCUT2D eigenvalue weighted by Gasteiger charge is 2.21. The Labute approximate surface area is 137 Å². The predicted molar refractivity (Wildman–Crippen MR) is 92.7 cm³/mol. The fraction of sp³-hybridized carbons (Fsp3) is 0.889. The Bertz CT molecular complexity index is 306. The fourth-order valence-corrected chi connectivity index (χ4v) is 2.71. The van der Waals surface area contributed by atoms with Gasteiger partial charge in [0.25, 0.3) is 0 Å². The van der Waals surface area contributed by atoms with Crippen molar-refractivity contribution in [2.75, 3.05) is 26.2 Å². The van der Waals surface area contributed by atoms with Crippen LogP contribution in [0.25, 0.3) is 0 Å². The van der Waals surface area contributed by atoms with Crippen molar-refractivity contribution < 1.29 is 9.59 Å². The van der Waals surface area contributed by atoms with Gasteiger partial charge < -0.3 is 9.80 Å². The number of carbonyl (C=O) groups is 2. The number of carbonyl (C=O) groups excluding carboxylic acids is 2. The molecule has 1 atom stereocenters. The van der Waals surface area contributed by atoms with Gasteiger partial charge in [-0.2, -0.15) is 0 Å². The van der Waals surface area contributed by atoms with Gasteiger partial charge in [0.05, 0.1) is 0 Å². The summed E-state index contributed by atoms with van der Waals surface area (Å²) in [5.41, 5.74) is 0. The molecule has 0 saturated carbocycles. The Balaban J connectivity index is 4.41. The summed E-state index contributed by atoms with van der Waals surface area (Å²) in [6.07, 6.45) is 5.09. The van der Waals surface area contributed by atoms with Crippen molar-refractivity contribution in [3.63, 3.8) is 0 Å². The van der Waals surface area contributed by atoms with Gasteiger partial charge in [-0.25, -0.2) is 0 Å². The van der Waals surface area contributed by atoms with E-state index in [9.17, 15) is 9.59 Å². The summed E-state index contributed by atoms with van der Waals surface area (Å²) < 4.78 is 0. The highest BCUT2D eigenvalue weighted by Crippen LogP contribution is 2.13. The van der Waals surface area contributed by atoms with Crippen LogP contribution in [0.15, 0.2) is 0 Å². The molecule has 0 aromatic rings. The molecule has 0 N–H and O–H groups in total. The van der Waals surface area contributed by atoms with Gasteiger partial charge in [0.2, 0.25) is 11.8 Å². The average molecular weight is 312 g/mol. The summed E-state index contributed by atoms with van der Waals surface area (Å²) in [5.74, 6) is 0.335. The lowest BCUT2D eigenvalue weighted by atomic mass is 10.0. The van der Waals surface area contributed by atoms with Crippen molar-refractivity contribution in [1.82, 2.24) is 9.80 Å². The van der Waals surface area contributed by atoms with E-state index in [-0.39, 0.29) is 17.7 Å². The summed E-state index contributed by atoms with van der Waals surface area (Å²) >= 11 is 0. The number of hydrogen-bond donors (Lipinski definition) is 0. The van der Waals surface area contributed by atoms with E-state index in [4.69, 9.17) is 0 Å². The van der Waals surface area contributed by atoms with Crippen molar-refractivity contribution in [2.24, 2.45) is 5.92 Å². The minimum atomic E-state index is -0.0628. The molecule has 22 heavy (non-hydrogen) atoms. The summed E-state index contributed by atoms with van der Waals surface area (Å²) in [6, 6.07) is 0. The normalized spacial score (nSPS) is 12.0. The van der Waals surface area contributed by atoms with Gasteiger partial charge >= 0.3 is 0 Å². The van der Waals surface area contributed by atoms with Crippen LogP contribution >= 0.6 is 0 Å². The molecular formula is C18H36N2O2. The largest absolute Gasteiger partial charge is 0.343 e. The Morgan fingerprint density at radius 3 is 1.59 bits per heavy atom. The average Bonchev–Trinajstić information content (AvgIpc) is 2.51. The monoisotopic (exact) mass is 312 g/mol. The summed E-state index contributed by atoms with van der Waals surface area (Å²) in [4.78, 5) is 28.6. The maximum absolute atomic E-state index is 12.5. The molecule has 0 bridgehead atoms. The maximum atomic E-state index is 12.5. The second-order valence-electron chi connectivity index (χ2n) is 6.15. The lowest BCUT2D eigenvalue weighted by Gasteiger charge is -2.26. The van der Waals surface area contributed by atoms with Crippen LogP contribution in [-0.2, 0) is 9.59 Å². The first-order chi connectivity index (χ1) is 10.5. The molecule has 2 amide bonds. The van der Waals surface area contributed by atoms with E-state index in [1.54, 1.807) is 0 Å². The van der Waals surface area contributed by atoms with E-state index < -0.39 is 0 Å². The fourth-order valence-electron chi connectivity index (χ4n) is 2.71. The zero-order chi connectivity index (χ0) is 17.0. The van der Waals surface area contributed by atoms with E-state index in [0.29, 0.717) is 12.8 Å². The first-order valence-corrected chi connectivity index (χ1v) is 9.08. The maximum Gasteiger partial charge on any atom is 0.225 e. The standard InChI is InChI=1S/C18H36N2O2/c1-6-12-19(13-7-2)17(21)11-10-16(5)18(22)20(14-8-3)15-9-4/h16H,6-15H2,1-5H3. The van der Waals surface area contributed by atoms with E-state index in [0.717, 1.165) is 51.9 Å². The van der Waals surface area contributed by atoms with Crippen molar-refractivity contribution >= 4 is 11.8 Å². The van der Waals surface area contributed by atoms with Crippen LogP contribution < -0.4 is 0 Å². The van der Waals surface area contributed by atoms with Crippen LogP contribution in [0.1, 0.15) is 73.1 Å². The predicted octanol–water partition coefficient (Wildman–Crippen LogP) is 3.70. The first kappa shape index (κ1) is 20.9. The molecule has 0 spiro atoms. The Kier molecular flexibility index (Phi) is 11.9. The van der Waals surface area contributed by atoms with Crippen molar-refractivity contribution in [3.8, 4) is 0 Å². The number of hydrogen-bond acceptors (Lipinski definition) is 2. The van der Waals surface area contributed by atoms with Gasteiger partial charge in [0, 0.05) is 38.5 Å². The van der Waals surface area contributed by atoms with Gasteiger partial charge in [-0.05, 0) is 32.1 Å². The Hall–Kier alpha value is -1.06. The molecule has 0 heterocycles. The molecule has 0 aromatic carbocycles. The third-order valence-electron chi connectivity index (χ3n) is 3.85. The first-order valence-electron chi connectivity index (χ1n) is 9.08. The van der Waals surface area contributed by atoms with Crippen LogP contribution in [0, 0.1) is 5.92 Å². The molecule has 1 unspecified atom stereocenters. The third-order valence-corrected chi connectivity index (χ3v) is 3.85. The molecule has 0 aromatic heterocycles. The summed E-state index contributed by atoms with van der Waals surface area (Å²) in [5, 5.41) is 0. The Morgan fingerprint density at radius 2 is 1.18 bits per heavy atom. The molecule has 0 aliphatic carbocycles. The van der Waals surface area contributed by atoms with Crippen molar-refractivity contribution in [3.05, 3.63) is 0 Å². The minimum absolute atomic E-state index is 0.0628. The van der Waals surface area contributed by atoms with Crippen LogP contribution in [-0.4, -0.2) is 47.8 Å². The summed E-state index contributed by atoms with van der Waals surface area (Å²) in [7, 11) is 0. The molecule has 0 rings (SSSR count). The van der Waals surface area contributed by atoms with Crippen molar-refractivity contribution in [2.45, 2.75) is 73.1 Å². The number of amides is 2. The molecule has 0 radical (unpaired) electrons. The molecule has 0 saturated heterocycles. The van der Waals surface area contributed by atoms with Crippen molar-refractivity contribution in [1.29, 1.82) is 0 Å². The van der Waals surface area contributed by atoms with Gasteiger partial charge in [0.15, 0.2) is 0 Å². The van der Waals surface area contributed by atoms with Crippen LogP contribution in [0.4, 0.5) is 0 Å². The highest BCUT2D eigenvalue weighted by molar-refractivity contribution is 5.80. The topological polar surface area (TPSA) is 40.6 Å². The number of nitrogens with zero attached hydrogens (tertiary/aromatic N) is 2. The van der Waals surface area contributed by atoms with E-state index >= 15 is 0 Å². The molecule has 0 fully saturated rings. The van der Waals surface area contributed by atoms with E-state index in [2.05, 4.69) is 27.7 Å². The quantitative estimate of drug-likeness (QED) is 0.551. The number of rotatable bonds is 12. The SMILES string of the molecule is CCCN(CCC)C(=O)CCC(C)C(=O)N(CCC)CCC. The third kappa shape index (κ3) is 7.81. The summed E-state index contributed by atoms with van der Waals surface area (Å²) in [6.45, 7) is 13.6. The molecule has 4 nitrogen and oxygen atoms in total. The lowest BCUT2D eigenvalue weighted by molar-refractivity contribution is -0.136. The molecule has 130 valence electrons. The lowest BCUT2D eigenvalue weighted by Crippen LogP contribution is -2.37. The van der Waals surface area contributed by atoms with Gasteiger partial charge in [0.1, 0.15) is 0 Å². The zero-order valence-corrected chi connectivity index (χ0v) is 15.4. The zero-order valence-electron chi connectivity index (χ0n) is 15.4. The Morgan fingerprint density at radius 1 is 0.773 bits per heavy atom. The van der Waals surface area contributed by atoms with Crippen LogP contribution in [0.2, 0.25) is 0 Å². The molecule has 0 aliphatic rings. The van der Waals surface area contributed by atoms with Gasteiger partial charge in [-0.15, -0.1) is 0 Å². The highest BCUT2D eigenvalue weighted by atomic mass is 16.2. The second-order valence-corrected chi connectivity index (χ2v) is 6.15. The smallest absolute Gasteiger partial charge is 0.225 e. The second kappa shape index (κ2) is 12.5. The van der Waals surface area contributed by atoms with Gasteiger partial charge in [-0.1, -0.05) is 34.6 Å². The van der Waals surface area contributed by atoms with E-state index in [1.165, 1.54) is 0 Å². The van der Waals surface area contributed by atoms with Crippen LogP contribution in [0.5, 0.6) is 0 Å². The van der Waals surface area contributed by atoms with E-state index in [1.807, 2.05) is 16.7 Å². The molecule has 0 aliphatic heterocycles. The van der Waals surface area contributed by atoms with Gasteiger partial charge in [-0.3, -0.25) is 9.59 Å². The molecule has 4 heteroatoms.